The second kappa shape index (κ2) is 5.36. The fourth-order valence-corrected chi connectivity index (χ4v) is 2.20. The fraction of sp³-hybridized carbons (Fsp3) is 0.125. The van der Waals surface area contributed by atoms with E-state index in [2.05, 4.69) is 15.5 Å². The number of hydrogen-bond acceptors (Lipinski definition) is 4. The van der Waals surface area contributed by atoms with Crippen molar-refractivity contribution in [2.45, 2.75) is 6.92 Å². The fourth-order valence-electron chi connectivity index (χ4n) is 2.20. The number of anilines is 1. The predicted molar refractivity (Wildman–Crippen MR) is 79.4 cm³/mol. The summed E-state index contributed by atoms with van der Waals surface area (Å²) in [6.07, 6.45) is 0. The van der Waals surface area contributed by atoms with Gasteiger partial charge in [-0.3, -0.25) is 0 Å². The lowest BCUT2D eigenvalue weighted by atomic mass is 10.1. The average Bonchev–Trinajstić information content (AvgIpc) is 2.96. The van der Waals surface area contributed by atoms with Crippen molar-refractivity contribution in [3.8, 4) is 22.8 Å². The van der Waals surface area contributed by atoms with Crippen LogP contribution in [-0.4, -0.2) is 17.2 Å². The number of hydrogen-bond donors (Lipinski definition) is 1. The highest BCUT2D eigenvalue weighted by Crippen LogP contribution is 2.28. The Morgan fingerprint density at radius 3 is 2.71 bits per heavy atom. The van der Waals surface area contributed by atoms with Crippen molar-refractivity contribution in [2.24, 2.45) is 0 Å². The molecule has 0 radical (unpaired) electrons. The van der Waals surface area contributed by atoms with E-state index < -0.39 is 0 Å². The van der Waals surface area contributed by atoms with Gasteiger partial charge in [-0.15, -0.1) is 0 Å². The largest absolute Gasteiger partial charge is 0.387 e. The molecule has 0 spiro atoms. The Bertz CT molecular complexity index is 762. The topological polar surface area (TPSA) is 51.0 Å². The third-order valence-electron chi connectivity index (χ3n) is 3.15. The summed E-state index contributed by atoms with van der Waals surface area (Å²) in [5.74, 6) is 0.461. The third-order valence-corrected chi connectivity index (χ3v) is 3.15. The van der Waals surface area contributed by atoms with Gasteiger partial charge < -0.3 is 9.84 Å². The monoisotopic (exact) mass is 283 g/mol. The highest BCUT2D eigenvalue weighted by atomic mass is 19.1. The maximum absolute atomic E-state index is 13.5. The van der Waals surface area contributed by atoms with Crippen LogP contribution in [0.1, 0.15) is 5.56 Å². The van der Waals surface area contributed by atoms with Crippen molar-refractivity contribution in [1.82, 2.24) is 10.1 Å². The first-order chi connectivity index (χ1) is 10.2. The summed E-state index contributed by atoms with van der Waals surface area (Å²) in [6.45, 7) is 1.82. The molecule has 0 atom stereocenters. The number of rotatable bonds is 3. The van der Waals surface area contributed by atoms with Gasteiger partial charge in [0, 0.05) is 18.3 Å². The molecule has 3 aromatic rings. The Balaban J connectivity index is 2.04. The van der Waals surface area contributed by atoms with Crippen LogP contribution in [0.25, 0.3) is 22.8 Å². The molecule has 0 fully saturated rings. The minimum atomic E-state index is -0.313. The van der Waals surface area contributed by atoms with Gasteiger partial charge in [0.1, 0.15) is 5.82 Å². The van der Waals surface area contributed by atoms with E-state index in [9.17, 15) is 4.39 Å². The summed E-state index contributed by atoms with van der Waals surface area (Å²) >= 11 is 0. The van der Waals surface area contributed by atoms with Gasteiger partial charge in [-0.25, -0.2) is 4.39 Å². The predicted octanol–water partition coefficient (Wildman–Crippen LogP) is 3.89. The summed E-state index contributed by atoms with van der Waals surface area (Å²) in [5.41, 5.74) is 3.12. The van der Waals surface area contributed by atoms with Crippen LogP contribution in [0, 0.1) is 12.7 Å². The van der Waals surface area contributed by atoms with Crippen molar-refractivity contribution in [3.63, 3.8) is 0 Å². The zero-order valence-electron chi connectivity index (χ0n) is 11.7. The molecule has 1 N–H and O–H groups in total. The molecular formula is C16H14FN3O. The van der Waals surface area contributed by atoms with Crippen molar-refractivity contribution >= 4 is 5.69 Å². The van der Waals surface area contributed by atoms with Crippen LogP contribution in [0.5, 0.6) is 0 Å². The molecule has 0 bridgehead atoms. The number of nitrogens with zero attached hydrogens (tertiary/aromatic N) is 2. The van der Waals surface area contributed by atoms with Crippen molar-refractivity contribution < 1.29 is 8.91 Å². The van der Waals surface area contributed by atoms with Crippen LogP contribution in [0.3, 0.4) is 0 Å². The lowest BCUT2D eigenvalue weighted by molar-refractivity contribution is 0.432. The molecule has 106 valence electrons. The normalized spacial score (nSPS) is 10.6. The smallest absolute Gasteiger partial charge is 0.260 e. The number of aromatic nitrogens is 2. The molecule has 0 amide bonds. The molecule has 4 nitrogen and oxygen atoms in total. The molecule has 21 heavy (non-hydrogen) atoms. The van der Waals surface area contributed by atoms with E-state index in [1.165, 1.54) is 12.1 Å². The van der Waals surface area contributed by atoms with E-state index in [0.29, 0.717) is 17.3 Å². The SMILES string of the molecule is CNc1ccccc1-c1nc(-c2cc(C)cc(F)c2)no1. The highest BCUT2D eigenvalue weighted by Gasteiger charge is 2.14. The van der Waals surface area contributed by atoms with Crippen molar-refractivity contribution in [1.29, 1.82) is 0 Å². The van der Waals surface area contributed by atoms with Crippen LogP contribution >= 0.6 is 0 Å². The van der Waals surface area contributed by atoms with Crippen LogP contribution in [0.2, 0.25) is 0 Å². The van der Waals surface area contributed by atoms with Crippen LogP contribution < -0.4 is 5.32 Å². The summed E-state index contributed by atoms with van der Waals surface area (Å²) in [4.78, 5) is 4.36. The van der Waals surface area contributed by atoms with Gasteiger partial charge in [0.05, 0.1) is 5.56 Å². The Labute approximate surface area is 121 Å². The molecular weight excluding hydrogens is 269 g/mol. The zero-order valence-corrected chi connectivity index (χ0v) is 11.7. The first-order valence-corrected chi connectivity index (χ1v) is 6.56. The lowest BCUT2D eigenvalue weighted by Crippen LogP contribution is -1.91. The number of aryl methyl sites for hydroxylation is 1. The maximum atomic E-state index is 13.5. The zero-order chi connectivity index (χ0) is 14.8. The number of benzene rings is 2. The van der Waals surface area contributed by atoms with Crippen molar-refractivity contribution in [2.75, 3.05) is 12.4 Å². The third kappa shape index (κ3) is 2.63. The summed E-state index contributed by atoms with van der Waals surface area (Å²) in [6, 6.07) is 12.3. The second-order valence-electron chi connectivity index (χ2n) is 4.74. The average molecular weight is 283 g/mol. The van der Waals surface area contributed by atoms with Gasteiger partial charge in [-0.1, -0.05) is 17.3 Å². The Hall–Kier alpha value is -2.69. The van der Waals surface area contributed by atoms with E-state index in [-0.39, 0.29) is 5.82 Å². The minimum Gasteiger partial charge on any atom is -0.387 e. The highest BCUT2D eigenvalue weighted by molar-refractivity contribution is 5.73. The molecule has 0 unspecified atom stereocenters. The molecule has 0 saturated heterocycles. The summed E-state index contributed by atoms with van der Waals surface area (Å²) in [7, 11) is 1.83. The molecule has 0 aliphatic heterocycles. The van der Waals surface area contributed by atoms with E-state index in [1.54, 1.807) is 0 Å². The van der Waals surface area contributed by atoms with Crippen molar-refractivity contribution in [3.05, 3.63) is 53.8 Å². The Kier molecular flexibility index (Phi) is 3.39. The lowest BCUT2D eigenvalue weighted by Gasteiger charge is -2.03. The van der Waals surface area contributed by atoms with E-state index in [1.807, 2.05) is 44.3 Å². The van der Waals surface area contributed by atoms with Gasteiger partial charge in [0.15, 0.2) is 0 Å². The van der Waals surface area contributed by atoms with Crippen LogP contribution in [0.4, 0.5) is 10.1 Å². The van der Waals surface area contributed by atoms with Gasteiger partial charge in [-0.05, 0) is 42.8 Å². The molecule has 2 aromatic carbocycles. The summed E-state index contributed by atoms with van der Waals surface area (Å²) in [5, 5.41) is 7.01. The summed E-state index contributed by atoms with van der Waals surface area (Å²) < 4.78 is 18.8. The maximum Gasteiger partial charge on any atom is 0.260 e. The van der Waals surface area contributed by atoms with Crippen LogP contribution in [0.15, 0.2) is 47.0 Å². The standard InChI is InChI=1S/C16H14FN3O/c1-10-7-11(9-12(17)8-10)15-19-16(21-20-15)13-5-3-4-6-14(13)18-2/h3-9,18H,1-2H3. The molecule has 0 aliphatic carbocycles. The Morgan fingerprint density at radius 1 is 1.14 bits per heavy atom. The van der Waals surface area contributed by atoms with E-state index >= 15 is 0 Å². The molecule has 1 aromatic heterocycles. The molecule has 0 saturated carbocycles. The molecule has 1 heterocycles. The van der Waals surface area contributed by atoms with Gasteiger partial charge >= 0.3 is 0 Å². The van der Waals surface area contributed by atoms with E-state index in [0.717, 1.165) is 16.8 Å². The minimum absolute atomic E-state index is 0.313. The quantitative estimate of drug-likeness (QED) is 0.792. The van der Waals surface area contributed by atoms with Crippen LogP contribution in [-0.2, 0) is 0 Å². The van der Waals surface area contributed by atoms with Gasteiger partial charge in [0.25, 0.3) is 5.89 Å². The van der Waals surface area contributed by atoms with Gasteiger partial charge in [0.2, 0.25) is 5.82 Å². The molecule has 0 aliphatic rings. The first kappa shape index (κ1) is 13.3. The first-order valence-electron chi connectivity index (χ1n) is 6.56. The van der Waals surface area contributed by atoms with Gasteiger partial charge in [-0.2, -0.15) is 4.98 Å². The number of para-hydroxylation sites is 1. The molecule has 5 heteroatoms. The van der Waals surface area contributed by atoms with E-state index in [4.69, 9.17) is 4.52 Å². The second-order valence-corrected chi connectivity index (χ2v) is 4.74. The Morgan fingerprint density at radius 2 is 1.95 bits per heavy atom. The number of nitrogens with one attached hydrogen (secondary N) is 1. The number of halogens is 1. The molecule has 3 rings (SSSR count).